The van der Waals surface area contributed by atoms with Gasteiger partial charge in [0.1, 0.15) is 13.2 Å². The van der Waals surface area contributed by atoms with E-state index in [2.05, 4.69) is 154 Å². The Morgan fingerprint density at radius 2 is 0.482 bits per heavy atom. The van der Waals surface area contributed by atoms with Crippen LogP contribution in [-0.4, -0.2) is 37.2 Å². The lowest BCUT2D eigenvalue weighted by atomic mass is 10.1. The number of ether oxygens (including phenoxy) is 3. The molecule has 0 amide bonds. The number of allylic oxidation sites excluding steroid dienone is 22. The number of unbranched alkanes of at least 4 members (excludes halogenated alkanes) is 29. The topological polar surface area (TPSA) is 78.9 Å². The van der Waals surface area contributed by atoms with Gasteiger partial charge in [-0.3, -0.25) is 14.4 Å². The van der Waals surface area contributed by atoms with Crippen LogP contribution in [0.3, 0.4) is 0 Å². The van der Waals surface area contributed by atoms with Crippen molar-refractivity contribution in [2.45, 2.75) is 322 Å². The molecule has 0 aliphatic heterocycles. The molecule has 0 saturated heterocycles. The molecule has 0 rings (SSSR count). The minimum absolute atomic E-state index is 0.0892. The molecular formula is C77H128O6. The standard InChI is InChI=1S/C77H128O6/c1-4-7-10-13-16-19-22-24-26-28-30-32-34-35-36-37-38-39-40-41-43-44-46-48-50-52-55-58-61-64-67-70-76(79)82-73-74(72-81-75(78)69-66-63-60-57-54-21-18-15-12-9-6-3)83-77(80)71-68-65-62-59-56-53-51-49-47-45-42-33-31-29-27-25-23-20-17-14-11-8-5-2/h7,10,15-16,18-19,23-26,29-32,35-36,38-39,41-43,45,74H,4-6,8-9,11-14,17,20-22,27-28,33-34,37,40,44,46-73H2,1-3H3/b10-7-,18-15-,19-16-,25-23-,26-24-,31-29-,32-30-,36-35-,39-38-,43-41-,45-42-. The van der Waals surface area contributed by atoms with Crippen molar-refractivity contribution in [2.24, 2.45) is 0 Å². The SMILES string of the molecule is CC/C=C\C/C=C\C/C=C\C/C=C\C/C=C\C/C=C\C/C=C\CCCCCCCCCCCC(=O)OCC(COC(=O)CCCCCCC/C=C\CCCC)OC(=O)CCCCCCCCCC/C=C\C/C=C\C/C=C\CCCCCCC. The third-order valence-corrected chi connectivity index (χ3v) is 14.6. The molecule has 0 N–H and O–H groups in total. The van der Waals surface area contributed by atoms with Gasteiger partial charge in [0, 0.05) is 19.3 Å². The number of carbonyl (C=O) groups is 3. The van der Waals surface area contributed by atoms with E-state index in [-0.39, 0.29) is 31.1 Å². The summed E-state index contributed by atoms with van der Waals surface area (Å²) in [6.07, 6.45) is 99.0. The van der Waals surface area contributed by atoms with Gasteiger partial charge < -0.3 is 14.2 Å². The van der Waals surface area contributed by atoms with Gasteiger partial charge >= 0.3 is 17.9 Å². The monoisotopic (exact) mass is 1150 g/mol. The minimum Gasteiger partial charge on any atom is -0.462 e. The van der Waals surface area contributed by atoms with Crippen LogP contribution < -0.4 is 0 Å². The van der Waals surface area contributed by atoms with E-state index in [1.807, 2.05) is 0 Å². The second kappa shape index (κ2) is 70.0. The number of rotatable bonds is 62. The lowest BCUT2D eigenvalue weighted by Crippen LogP contribution is -2.30. The van der Waals surface area contributed by atoms with Crippen LogP contribution in [0.15, 0.2) is 134 Å². The largest absolute Gasteiger partial charge is 0.462 e. The van der Waals surface area contributed by atoms with E-state index in [1.165, 1.54) is 135 Å². The van der Waals surface area contributed by atoms with E-state index in [4.69, 9.17) is 14.2 Å². The summed E-state index contributed by atoms with van der Waals surface area (Å²) >= 11 is 0. The van der Waals surface area contributed by atoms with Crippen molar-refractivity contribution < 1.29 is 28.6 Å². The Labute approximate surface area is 513 Å². The van der Waals surface area contributed by atoms with Crippen LogP contribution >= 0.6 is 0 Å². The van der Waals surface area contributed by atoms with E-state index in [0.717, 1.165) is 141 Å². The Bertz CT molecular complexity index is 1750. The zero-order chi connectivity index (χ0) is 59.9. The normalized spacial score (nSPS) is 13.0. The number of hydrogen-bond donors (Lipinski definition) is 0. The van der Waals surface area contributed by atoms with Crippen LogP contribution in [0, 0.1) is 0 Å². The lowest BCUT2D eigenvalue weighted by Gasteiger charge is -2.18. The van der Waals surface area contributed by atoms with Gasteiger partial charge in [0.05, 0.1) is 0 Å². The van der Waals surface area contributed by atoms with Crippen molar-refractivity contribution >= 4 is 17.9 Å². The molecule has 0 saturated carbocycles. The predicted octanol–water partition coefficient (Wildman–Crippen LogP) is 24.1. The summed E-state index contributed by atoms with van der Waals surface area (Å²) < 4.78 is 16.9. The molecule has 0 radical (unpaired) electrons. The lowest BCUT2D eigenvalue weighted by molar-refractivity contribution is -0.167. The smallest absolute Gasteiger partial charge is 0.306 e. The highest BCUT2D eigenvalue weighted by molar-refractivity contribution is 5.71. The zero-order valence-electron chi connectivity index (χ0n) is 54.2. The quantitative estimate of drug-likeness (QED) is 0.0261. The van der Waals surface area contributed by atoms with Crippen LogP contribution in [0.1, 0.15) is 316 Å². The summed E-state index contributed by atoms with van der Waals surface area (Å²) in [5.41, 5.74) is 0. The molecule has 0 spiro atoms. The molecule has 0 bridgehead atoms. The molecule has 0 heterocycles. The summed E-state index contributed by atoms with van der Waals surface area (Å²) in [6, 6.07) is 0. The van der Waals surface area contributed by atoms with Crippen molar-refractivity contribution in [3.8, 4) is 0 Å². The highest BCUT2D eigenvalue weighted by Crippen LogP contribution is 2.16. The van der Waals surface area contributed by atoms with Crippen LogP contribution in [-0.2, 0) is 28.6 Å². The molecule has 0 aromatic rings. The first kappa shape index (κ1) is 78.5. The molecule has 0 fully saturated rings. The molecule has 6 heteroatoms. The van der Waals surface area contributed by atoms with Gasteiger partial charge in [-0.25, -0.2) is 0 Å². The van der Waals surface area contributed by atoms with Crippen LogP contribution in [0.25, 0.3) is 0 Å². The van der Waals surface area contributed by atoms with Crippen LogP contribution in [0.5, 0.6) is 0 Å². The van der Waals surface area contributed by atoms with Crippen molar-refractivity contribution in [2.75, 3.05) is 13.2 Å². The summed E-state index contributed by atoms with van der Waals surface area (Å²) in [7, 11) is 0. The maximum absolute atomic E-state index is 12.9. The van der Waals surface area contributed by atoms with Gasteiger partial charge in [0.25, 0.3) is 0 Å². The van der Waals surface area contributed by atoms with Crippen molar-refractivity contribution in [1.82, 2.24) is 0 Å². The van der Waals surface area contributed by atoms with Crippen molar-refractivity contribution in [3.05, 3.63) is 134 Å². The minimum atomic E-state index is -0.793. The number of hydrogen-bond acceptors (Lipinski definition) is 6. The first-order valence-corrected chi connectivity index (χ1v) is 34.7. The van der Waals surface area contributed by atoms with Gasteiger partial charge in [-0.1, -0.05) is 296 Å². The van der Waals surface area contributed by atoms with Gasteiger partial charge in [0.2, 0.25) is 0 Å². The maximum Gasteiger partial charge on any atom is 0.306 e. The van der Waals surface area contributed by atoms with Gasteiger partial charge in [-0.2, -0.15) is 0 Å². The van der Waals surface area contributed by atoms with Gasteiger partial charge in [-0.05, 0) is 135 Å². The zero-order valence-corrected chi connectivity index (χ0v) is 54.2. The van der Waals surface area contributed by atoms with E-state index in [1.54, 1.807) is 0 Å². The maximum atomic E-state index is 12.9. The molecule has 0 aliphatic rings. The fourth-order valence-corrected chi connectivity index (χ4v) is 9.41. The molecule has 0 aromatic carbocycles. The average molecular weight is 1150 g/mol. The average Bonchev–Trinajstić information content (AvgIpc) is 3.48. The fourth-order valence-electron chi connectivity index (χ4n) is 9.41. The van der Waals surface area contributed by atoms with Gasteiger partial charge in [-0.15, -0.1) is 0 Å². The molecule has 472 valence electrons. The van der Waals surface area contributed by atoms with Crippen LogP contribution in [0.4, 0.5) is 0 Å². The number of esters is 3. The summed E-state index contributed by atoms with van der Waals surface area (Å²) in [5, 5.41) is 0. The van der Waals surface area contributed by atoms with Crippen molar-refractivity contribution in [1.29, 1.82) is 0 Å². The Hall–Kier alpha value is -4.45. The molecular weight excluding hydrogens is 1020 g/mol. The second-order valence-electron chi connectivity index (χ2n) is 22.7. The van der Waals surface area contributed by atoms with E-state index in [0.29, 0.717) is 19.3 Å². The Morgan fingerprint density at radius 1 is 0.253 bits per heavy atom. The fraction of sp³-hybridized carbons (Fsp3) is 0.675. The molecule has 0 aromatic heterocycles. The third kappa shape index (κ3) is 68.2. The first-order valence-electron chi connectivity index (χ1n) is 34.7. The molecule has 1 unspecified atom stereocenters. The summed E-state index contributed by atoms with van der Waals surface area (Å²) in [6.45, 7) is 6.47. The third-order valence-electron chi connectivity index (χ3n) is 14.6. The van der Waals surface area contributed by atoms with Crippen molar-refractivity contribution in [3.63, 3.8) is 0 Å². The Morgan fingerprint density at radius 3 is 0.783 bits per heavy atom. The first-order chi connectivity index (χ1) is 41.0. The predicted molar refractivity (Wildman–Crippen MR) is 362 cm³/mol. The van der Waals surface area contributed by atoms with E-state index >= 15 is 0 Å². The van der Waals surface area contributed by atoms with E-state index < -0.39 is 6.10 Å². The number of carbonyl (C=O) groups excluding carboxylic acids is 3. The molecule has 83 heavy (non-hydrogen) atoms. The highest BCUT2D eigenvalue weighted by atomic mass is 16.6. The second-order valence-corrected chi connectivity index (χ2v) is 22.7. The molecule has 1 atom stereocenters. The Kier molecular flexibility index (Phi) is 66.3. The van der Waals surface area contributed by atoms with E-state index in [9.17, 15) is 14.4 Å². The summed E-state index contributed by atoms with van der Waals surface area (Å²) in [5.74, 6) is -0.906. The molecule has 0 aliphatic carbocycles. The highest BCUT2D eigenvalue weighted by Gasteiger charge is 2.19. The Balaban J connectivity index is 4.29. The van der Waals surface area contributed by atoms with Gasteiger partial charge in [0.15, 0.2) is 6.10 Å². The molecule has 6 nitrogen and oxygen atoms in total. The van der Waals surface area contributed by atoms with Crippen LogP contribution in [0.2, 0.25) is 0 Å². The summed E-state index contributed by atoms with van der Waals surface area (Å²) in [4.78, 5) is 38.4.